The van der Waals surface area contributed by atoms with Crippen LogP contribution in [-0.4, -0.2) is 18.0 Å². The summed E-state index contributed by atoms with van der Waals surface area (Å²) in [6, 6.07) is 18.3. The monoisotopic (exact) mass is 360 g/mol. The number of methoxy groups -OCH3 is 1. The molecule has 1 heterocycles. The third-order valence-electron chi connectivity index (χ3n) is 3.87. The maximum Gasteiger partial charge on any atom is 0.248 e. The number of hydrogen-bond donors (Lipinski definition) is 1. The van der Waals surface area contributed by atoms with Crippen LogP contribution in [0.25, 0.3) is 5.57 Å². The molecule has 0 aliphatic heterocycles. The van der Waals surface area contributed by atoms with Gasteiger partial charge < -0.3 is 14.8 Å². The molecule has 5 heteroatoms. The Morgan fingerprint density at radius 2 is 1.78 bits per heavy atom. The lowest BCUT2D eigenvalue weighted by Gasteiger charge is -2.10. The van der Waals surface area contributed by atoms with Crippen molar-refractivity contribution in [3.8, 4) is 17.2 Å². The summed E-state index contributed by atoms with van der Waals surface area (Å²) in [7, 11) is 1.61. The standard InChI is InChI=1S/C22H20N2O3/c1-16(20-8-3-4-9-21(20)26-2)14-22(25)24-17-6-5-7-19(15-17)27-18-10-12-23-13-11-18/h3-15H,1-2H3,(H,24,25)/b16-14+. The molecule has 0 spiro atoms. The molecule has 5 nitrogen and oxygen atoms in total. The molecular formula is C22H20N2O3. The van der Waals surface area contributed by atoms with Gasteiger partial charge in [0.25, 0.3) is 0 Å². The van der Waals surface area contributed by atoms with Crippen molar-refractivity contribution in [2.24, 2.45) is 0 Å². The highest BCUT2D eigenvalue weighted by Gasteiger charge is 2.07. The number of benzene rings is 2. The number of nitrogens with zero attached hydrogens (tertiary/aromatic N) is 1. The van der Waals surface area contributed by atoms with E-state index in [2.05, 4.69) is 10.3 Å². The van der Waals surface area contributed by atoms with E-state index >= 15 is 0 Å². The fourth-order valence-corrected chi connectivity index (χ4v) is 2.60. The normalized spacial score (nSPS) is 11.0. The van der Waals surface area contributed by atoms with E-state index in [9.17, 15) is 4.79 Å². The minimum absolute atomic E-state index is 0.223. The first-order valence-electron chi connectivity index (χ1n) is 8.46. The van der Waals surface area contributed by atoms with E-state index in [1.807, 2.05) is 49.4 Å². The highest BCUT2D eigenvalue weighted by atomic mass is 16.5. The van der Waals surface area contributed by atoms with Crippen LogP contribution in [0, 0.1) is 0 Å². The summed E-state index contributed by atoms with van der Waals surface area (Å²) in [5, 5.41) is 2.86. The fourth-order valence-electron chi connectivity index (χ4n) is 2.60. The van der Waals surface area contributed by atoms with Crippen molar-refractivity contribution in [3.05, 3.63) is 84.7 Å². The molecule has 0 atom stereocenters. The molecule has 0 aliphatic carbocycles. The Balaban J connectivity index is 1.71. The topological polar surface area (TPSA) is 60.5 Å². The first kappa shape index (κ1) is 18.2. The highest BCUT2D eigenvalue weighted by molar-refractivity contribution is 6.04. The van der Waals surface area contributed by atoms with Crippen LogP contribution in [0.1, 0.15) is 12.5 Å². The van der Waals surface area contributed by atoms with E-state index in [1.165, 1.54) is 0 Å². The number of anilines is 1. The summed E-state index contributed by atoms with van der Waals surface area (Å²) in [4.78, 5) is 16.3. The van der Waals surface area contributed by atoms with E-state index in [0.29, 0.717) is 17.2 Å². The summed E-state index contributed by atoms with van der Waals surface area (Å²) in [5.74, 6) is 1.82. The van der Waals surface area contributed by atoms with Crippen LogP contribution in [-0.2, 0) is 4.79 Å². The van der Waals surface area contributed by atoms with Gasteiger partial charge in [-0.2, -0.15) is 0 Å². The Kier molecular flexibility index (Phi) is 5.84. The molecule has 0 fully saturated rings. The van der Waals surface area contributed by atoms with Crippen LogP contribution < -0.4 is 14.8 Å². The molecule has 0 saturated carbocycles. The molecular weight excluding hydrogens is 340 g/mol. The van der Waals surface area contributed by atoms with E-state index in [0.717, 1.165) is 16.9 Å². The SMILES string of the molecule is COc1ccccc1/C(C)=C/C(=O)Nc1cccc(Oc2ccncc2)c1. The number of carbonyl (C=O) groups excluding carboxylic acids is 1. The molecule has 0 radical (unpaired) electrons. The zero-order chi connectivity index (χ0) is 19.1. The summed E-state index contributed by atoms with van der Waals surface area (Å²) in [6.45, 7) is 1.88. The molecule has 0 unspecified atom stereocenters. The van der Waals surface area contributed by atoms with Gasteiger partial charge in [-0.1, -0.05) is 24.3 Å². The average Bonchev–Trinajstić information content (AvgIpc) is 2.69. The van der Waals surface area contributed by atoms with Crippen molar-refractivity contribution in [3.63, 3.8) is 0 Å². The van der Waals surface area contributed by atoms with Crippen LogP contribution in [0.2, 0.25) is 0 Å². The summed E-state index contributed by atoms with van der Waals surface area (Å²) in [5.41, 5.74) is 2.34. The zero-order valence-corrected chi connectivity index (χ0v) is 15.2. The maximum atomic E-state index is 12.4. The molecule has 0 aliphatic rings. The van der Waals surface area contributed by atoms with Gasteiger partial charge >= 0.3 is 0 Å². The molecule has 0 bridgehead atoms. The lowest BCUT2D eigenvalue weighted by atomic mass is 10.1. The van der Waals surface area contributed by atoms with Crippen molar-refractivity contribution >= 4 is 17.2 Å². The Labute approximate surface area is 158 Å². The largest absolute Gasteiger partial charge is 0.496 e. The molecule has 136 valence electrons. The van der Waals surface area contributed by atoms with Crippen molar-refractivity contribution < 1.29 is 14.3 Å². The predicted octanol–water partition coefficient (Wildman–Crippen LogP) is 4.92. The predicted molar refractivity (Wildman–Crippen MR) is 106 cm³/mol. The van der Waals surface area contributed by atoms with Crippen molar-refractivity contribution in [1.29, 1.82) is 0 Å². The van der Waals surface area contributed by atoms with E-state index in [1.54, 1.807) is 43.8 Å². The third kappa shape index (κ3) is 4.95. The Bertz CT molecular complexity index is 953. The molecule has 1 N–H and O–H groups in total. The first-order valence-corrected chi connectivity index (χ1v) is 8.46. The summed E-state index contributed by atoms with van der Waals surface area (Å²) < 4.78 is 11.1. The highest BCUT2D eigenvalue weighted by Crippen LogP contribution is 2.26. The number of pyridine rings is 1. The maximum absolute atomic E-state index is 12.4. The van der Waals surface area contributed by atoms with Gasteiger partial charge in [0.2, 0.25) is 5.91 Å². The lowest BCUT2D eigenvalue weighted by molar-refractivity contribution is -0.111. The van der Waals surface area contributed by atoms with Crippen molar-refractivity contribution in [1.82, 2.24) is 4.98 Å². The lowest BCUT2D eigenvalue weighted by Crippen LogP contribution is -2.08. The summed E-state index contributed by atoms with van der Waals surface area (Å²) >= 11 is 0. The fraction of sp³-hybridized carbons (Fsp3) is 0.0909. The van der Waals surface area contributed by atoms with Gasteiger partial charge in [-0.25, -0.2) is 0 Å². The number of rotatable bonds is 6. The number of allylic oxidation sites excluding steroid dienone is 1. The van der Waals surface area contributed by atoms with Crippen LogP contribution >= 0.6 is 0 Å². The van der Waals surface area contributed by atoms with Crippen LogP contribution in [0.15, 0.2) is 79.1 Å². The Morgan fingerprint density at radius 1 is 1.00 bits per heavy atom. The number of aromatic nitrogens is 1. The second kappa shape index (κ2) is 8.67. The quantitative estimate of drug-likeness (QED) is 0.634. The van der Waals surface area contributed by atoms with Gasteiger partial charge in [-0.05, 0) is 42.8 Å². The number of amides is 1. The molecule has 3 aromatic rings. The second-order valence-electron chi connectivity index (χ2n) is 5.83. The second-order valence-corrected chi connectivity index (χ2v) is 5.83. The summed E-state index contributed by atoms with van der Waals surface area (Å²) in [6.07, 6.45) is 4.87. The number of ether oxygens (including phenoxy) is 2. The minimum atomic E-state index is -0.223. The van der Waals surface area contributed by atoms with E-state index in [4.69, 9.17) is 9.47 Å². The first-order chi connectivity index (χ1) is 13.2. The van der Waals surface area contributed by atoms with Gasteiger partial charge in [0.15, 0.2) is 0 Å². The molecule has 1 amide bonds. The minimum Gasteiger partial charge on any atom is -0.496 e. The third-order valence-corrected chi connectivity index (χ3v) is 3.87. The molecule has 2 aromatic carbocycles. The molecule has 0 saturated heterocycles. The zero-order valence-electron chi connectivity index (χ0n) is 15.2. The van der Waals surface area contributed by atoms with Crippen molar-refractivity contribution in [2.45, 2.75) is 6.92 Å². The smallest absolute Gasteiger partial charge is 0.248 e. The van der Waals surface area contributed by atoms with Crippen LogP contribution in [0.3, 0.4) is 0 Å². The number of hydrogen-bond acceptors (Lipinski definition) is 4. The Hall–Kier alpha value is -3.60. The average molecular weight is 360 g/mol. The van der Waals surface area contributed by atoms with Gasteiger partial charge in [-0.3, -0.25) is 9.78 Å². The molecule has 3 rings (SSSR count). The van der Waals surface area contributed by atoms with E-state index < -0.39 is 0 Å². The van der Waals surface area contributed by atoms with Crippen molar-refractivity contribution in [2.75, 3.05) is 12.4 Å². The van der Waals surface area contributed by atoms with Gasteiger partial charge in [0, 0.05) is 35.8 Å². The van der Waals surface area contributed by atoms with Gasteiger partial charge in [0.05, 0.1) is 7.11 Å². The number of nitrogens with one attached hydrogen (secondary N) is 1. The van der Waals surface area contributed by atoms with Gasteiger partial charge in [-0.15, -0.1) is 0 Å². The number of carbonyl (C=O) groups is 1. The van der Waals surface area contributed by atoms with E-state index in [-0.39, 0.29) is 5.91 Å². The van der Waals surface area contributed by atoms with Gasteiger partial charge in [0.1, 0.15) is 17.2 Å². The van der Waals surface area contributed by atoms with Crippen LogP contribution in [0.5, 0.6) is 17.2 Å². The molecule has 27 heavy (non-hydrogen) atoms. The molecule has 1 aromatic heterocycles. The Morgan fingerprint density at radius 3 is 2.56 bits per heavy atom. The number of para-hydroxylation sites is 1. The van der Waals surface area contributed by atoms with Crippen LogP contribution in [0.4, 0.5) is 5.69 Å².